The molecule has 0 atom stereocenters. The first kappa shape index (κ1) is 16.5. The zero-order chi connectivity index (χ0) is 18.1. The van der Waals surface area contributed by atoms with Crippen molar-refractivity contribution in [2.75, 3.05) is 4.90 Å². The summed E-state index contributed by atoms with van der Waals surface area (Å²) in [5.74, 6) is -0.124. The van der Waals surface area contributed by atoms with Crippen LogP contribution in [0, 0.1) is 11.3 Å². The second-order valence-corrected chi connectivity index (χ2v) is 7.42. The Morgan fingerprint density at radius 1 is 1.00 bits per heavy atom. The third-order valence-electron chi connectivity index (χ3n) is 4.14. The Labute approximate surface area is 160 Å². The third-order valence-corrected chi connectivity index (χ3v) is 5.44. The number of carbonyl (C=O) groups is 1. The molecule has 1 aliphatic heterocycles. The van der Waals surface area contributed by atoms with E-state index in [-0.39, 0.29) is 5.91 Å². The summed E-state index contributed by atoms with van der Waals surface area (Å²) in [7, 11) is 0. The molecule has 1 aliphatic rings. The topological polar surface area (TPSA) is 44.1 Å². The van der Waals surface area contributed by atoms with Crippen LogP contribution < -0.4 is 4.90 Å². The third kappa shape index (κ3) is 2.90. The van der Waals surface area contributed by atoms with Crippen molar-refractivity contribution in [3.8, 4) is 6.07 Å². The van der Waals surface area contributed by atoms with E-state index in [4.69, 9.17) is 17.5 Å². The van der Waals surface area contributed by atoms with Crippen molar-refractivity contribution in [2.24, 2.45) is 0 Å². The van der Waals surface area contributed by atoms with E-state index in [9.17, 15) is 4.79 Å². The van der Waals surface area contributed by atoms with E-state index in [0.29, 0.717) is 14.8 Å². The Kier molecular flexibility index (Phi) is 4.29. The SMILES string of the molecule is N#Cc1ccc(/C=C2\SC(=S)N(c3cccc4ccccc34)C2=O)cc1. The van der Waals surface area contributed by atoms with Crippen LogP contribution in [0.5, 0.6) is 0 Å². The average molecular weight is 372 g/mol. The standard InChI is InChI=1S/C21H12N2OS2/c22-13-15-10-8-14(9-11-15)12-19-20(24)23(21(25)26-19)18-7-3-5-16-4-1-2-6-17(16)18/h1-12H/b19-12-. The van der Waals surface area contributed by atoms with Gasteiger partial charge in [0.25, 0.3) is 5.91 Å². The monoisotopic (exact) mass is 372 g/mol. The molecular formula is C21H12N2OS2. The normalized spacial score (nSPS) is 15.7. The molecule has 0 radical (unpaired) electrons. The van der Waals surface area contributed by atoms with Gasteiger partial charge >= 0.3 is 0 Å². The molecule has 0 aliphatic carbocycles. The van der Waals surface area contributed by atoms with Crippen LogP contribution in [-0.2, 0) is 4.79 Å². The Morgan fingerprint density at radius 3 is 2.50 bits per heavy atom. The first-order valence-electron chi connectivity index (χ1n) is 7.93. The summed E-state index contributed by atoms with van der Waals surface area (Å²) in [6.07, 6.45) is 1.81. The molecule has 0 spiro atoms. The van der Waals surface area contributed by atoms with Crippen molar-refractivity contribution < 1.29 is 4.79 Å². The number of amides is 1. The van der Waals surface area contributed by atoms with Gasteiger partial charge in [-0.05, 0) is 35.2 Å². The van der Waals surface area contributed by atoms with E-state index in [2.05, 4.69) is 6.07 Å². The maximum Gasteiger partial charge on any atom is 0.270 e. The van der Waals surface area contributed by atoms with E-state index >= 15 is 0 Å². The molecule has 0 N–H and O–H groups in total. The maximum atomic E-state index is 13.0. The zero-order valence-electron chi connectivity index (χ0n) is 13.5. The summed E-state index contributed by atoms with van der Waals surface area (Å²) < 4.78 is 0.520. The van der Waals surface area contributed by atoms with Crippen LogP contribution in [0.25, 0.3) is 16.8 Å². The Bertz CT molecular complexity index is 1110. The summed E-state index contributed by atoms with van der Waals surface area (Å²) in [6.45, 7) is 0. The van der Waals surface area contributed by atoms with E-state index in [0.717, 1.165) is 22.0 Å². The predicted molar refractivity (Wildman–Crippen MR) is 111 cm³/mol. The van der Waals surface area contributed by atoms with Crippen molar-refractivity contribution in [3.63, 3.8) is 0 Å². The molecule has 1 amide bonds. The number of nitrogens with zero attached hydrogens (tertiary/aromatic N) is 2. The van der Waals surface area contributed by atoms with Gasteiger partial charge in [0, 0.05) is 5.39 Å². The number of benzene rings is 3. The van der Waals surface area contributed by atoms with Crippen LogP contribution in [0.2, 0.25) is 0 Å². The van der Waals surface area contributed by atoms with Gasteiger partial charge in [-0.2, -0.15) is 5.26 Å². The smallest absolute Gasteiger partial charge is 0.268 e. The van der Waals surface area contributed by atoms with Crippen molar-refractivity contribution in [1.82, 2.24) is 0 Å². The zero-order valence-corrected chi connectivity index (χ0v) is 15.2. The fraction of sp³-hybridized carbons (Fsp3) is 0. The average Bonchev–Trinajstić information content (AvgIpc) is 2.95. The Morgan fingerprint density at radius 2 is 1.73 bits per heavy atom. The van der Waals surface area contributed by atoms with Crippen molar-refractivity contribution in [2.45, 2.75) is 0 Å². The molecule has 124 valence electrons. The van der Waals surface area contributed by atoms with Crippen LogP contribution in [0.3, 0.4) is 0 Å². The fourth-order valence-corrected chi connectivity index (χ4v) is 4.17. The van der Waals surface area contributed by atoms with E-state index in [1.807, 2.05) is 60.7 Å². The molecule has 3 aromatic carbocycles. The molecule has 3 aromatic rings. The fourth-order valence-electron chi connectivity index (χ4n) is 2.88. The highest BCUT2D eigenvalue weighted by Crippen LogP contribution is 2.38. The lowest BCUT2D eigenvalue weighted by molar-refractivity contribution is -0.113. The lowest BCUT2D eigenvalue weighted by Crippen LogP contribution is -2.27. The second kappa shape index (κ2) is 6.75. The van der Waals surface area contributed by atoms with Gasteiger partial charge < -0.3 is 0 Å². The largest absolute Gasteiger partial charge is 0.270 e. The summed E-state index contributed by atoms with van der Waals surface area (Å²) in [4.78, 5) is 15.2. The van der Waals surface area contributed by atoms with Crippen molar-refractivity contribution in [3.05, 3.63) is 82.8 Å². The number of thiocarbonyl (C=S) groups is 1. The van der Waals surface area contributed by atoms with Gasteiger partial charge in [0.05, 0.1) is 22.2 Å². The lowest BCUT2D eigenvalue weighted by Gasteiger charge is -2.17. The van der Waals surface area contributed by atoms with E-state index in [1.54, 1.807) is 17.0 Å². The molecule has 0 unspecified atom stereocenters. The van der Waals surface area contributed by atoms with Crippen molar-refractivity contribution >= 4 is 56.7 Å². The number of rotatable bonds is 2. The minimum absolute atomic E-state index is 0.124. The van der Waals surface area contributed by atoms with Gasteiger partial charge in [0.15, 0.2) is 4.32 Å². The Hall–Kier alpha value is -2.94. The minimum atomic E-state index is -0.124. The first-order chi connectivity index (χ1) is 12.7. The van der Waals surface area contributed by atoms with Crippen molar-refractivity contribution in [1.29, 1.82) is 5.26 Å². The molecule has 0 bridgehead atoms. The summed E-state index contributed by atoms with van der Waals surface area (Å²) in [6, 6.07) is 23.0. The highest BCUT2D eigenvalue weighted by atomic mass is 32.2. The van der Waals surface area contributed by atoms with Crippen LogP contribution in [0.1, 0.15) is 11.1 Å². The van der Waals surface area contributed by atoms with Gasteiger partial charge in [0.1, 0.15) is 0 Å². The Balaban J connectivity index is 1.73. The summed E-state index contributed by atoms with van der Waals surface area (Å²) >= 11 is 6.77. The summed E-state index contributed by atoms with van der Waals surface area (Å²) in [5, 5.41) is 10.9. The molecule has 0 saturated carbocycles. The molecule has 1 saturated heterocycles. The number of thioether (sulfide) groups is 1. The molecule has 5 heteroatoms. The van der Waals surface area contributed by atoms with Crippen LogP contribution in [0.15, 0.2) is 71.6 Å². The molecule has 26 heavy (non-hydrogen) atoms. The highest BCUT2D eigenvalue weighted by Gasteiger charge is 2.34. The van der Waals surface area contributed by atoms with Crippen LogP contribution in [-0.4, -0.2) is 10.2 Å². The van der Waals surface area contributed by atoms with Crippen LogP contribution in [0.4, 0.5) is 5.69 Å². The number of hydrogen-bond acceptors (Lipinski definition) is 4. The van der Waals surface area contributed by atoms with E-state index in [1.165, 1.54) is 11.8 Å². The number of hydrogen-bond donors (Lipinski definition) is 0. The predicted octanol–water partition coefficient (Wildman–Crippen LogP) is 5.12. The minimum Gasteiger partial charge on any atom is -0.268 e. The maximum absolute atomic E-state index is 13.0. The van der Waals surface area contributed by atoms with Gasteiger partial charge in [-0.3, -0.25) is 9.69 Å². The molecular weight excluding hydrogens is 360 g/mol. The molecule has 1 fully saturated rings. The molecule has 0 aromatic heterocycles. The van der Waals surface area contributed by atoms with Gasteiger partial charge in [-0.15, -0.1) is 0 Å². The van der Waals surface area contributed by atoms with Gasteiger partial charge in [-0.1, -0.05) is 72.5 Å². The number of fused-ring (bicyclic) bond motifs is 1. The van der Waals surface area contributed by atoms with E-state index < -0.39 is 0 Å². The van der Waals surface area contributed by atoms with Crippen LogP contribution >= 0.6 is 24.0 Å². The lowest BCUT2D eigenvalue weighted by atomic mass is 10.1. The molecule has 3 nitrogen and oxygen atoms in total. The second-order valence-electron chi connectivity index (χ2n) is 5.75. The van der Waals surface area contributed by atoms with Gasteiger partial charge in [0.2, 0.25) is 0 Å². The number of anilines is 1. The number of carbonyl (C=O) groups excluding carboxylic acids is 1. The summed E-state index contributed by atoms with van der Waals surface area (Å²) in [5.41, 5.74) is 2.25. The molecule has 4 rings (SSSR count). The highest BCUT2D eigenvalue weighted by molar-refractivity contribution is 8.27. The first-order valence-corrected chi connectivity index (χ1v) is 9.16. The number of nitriles is 1. The quantitative estimate of drug-likeness (QED) is 0.463. The molecule has 1 heterocycles. The van der Waals surface area contributed by atoms with Gasteiger partial charge in [-0.25, -0.2) is 0 Å².